The van der Waals surface area contributed by atoms with Crippen LogP contribution in [-0.4, -0.2) is 44.3 Å². The molecule has 202 valence electrons. The lowest BCUT2D eigenvalue weighted by Crippen LogP contribution is -2.36. The molecule has 2 N–H and O–H groups in total. The van der Waals surface area contributed by atoms with Gasteiger partial charge < -0.3 is 29.4 Å². The van der Waals surface area contributed by atoms with Gasteiger partial charge in [-0.1, -0.05) is 6.07 Å². The quantitative estimate of drug-likeness (QED) is 0.411. The summed E-state index contributed by atoms with van der Waals surface area (Å²) in [6.45, 7) is 5.37. The normalized spacial score (nSPS) is 19.2. The maximum Gasteiger partial charge on any atom is 0.337 e. The van der Waals surface area contributed by atoms with Crippen LogP contribution in [0, 0.1) is 0 Å². The van der Waals surface area contributed by atoms with E-state index < -0.39 is 11.9 Å². The van der Waals surface area contributed by atoms with Crippen LogP contribution in [0.2, 0.25) is 0 Å². The third kappa shape index (κ3) is 5.12. The van der Waals surface area contributed by atoms with Crippen LogP contribution in [0.1, 0.15) is 56.6 Å². The van der Waals surface area contributed by atoms with Crippen molar-refractivity contribution < 1.29 is 33.6 Å². The number of carbonyl (C=O) groups is 2. The van der Waals surface area contributed by atoms with Crippen LogP contribution in [0.3, 0.4) is 0 Å². The third-order valence-corrected chi connectivity index (χ3v) is 7.48. The number of benzene rings is 2. The summed E-state index contributed by atoms with van der Waals surface area (Å²) < 4.78 is 22.2. The Kier molecular flexibility index (Phi) is 8.06. The van der Waals surface area contributed by atoms with Crippen LogP contribution >= 0.6 is 15.9 Å². The smallest absolute Gasteiger partial charge is 0.337 e. The second-order valence-electron chi connectivity index (χ2n) is 9.64. The Morgan fingerprint density at radius 2 is 1.66 bits per heavy atom. The molecule has 4 rings (SSSR count). The number of halogens is 1. The highest BCUT2D eigenvalue weighted by Gasteiger charge is 2.42. The minimum Gasteiger partial charge on any atom is -0.503 e. The second-order valence-corrected chi connectivity index (χ2v) is 10.5. The Labute approximate surface area is 230 Å². The fourth-order valence-electron chi connectivity index (χ4n) is 5.18. The summed E-state index contributed by atoms with van der Waals surface area (Å²) in [6.07, 6.45) is 0.485. The standard InChI is InChI=1S/C29H32BrNO7/c1-14(2)38-29(34)25-15(3)31-20-10-17(16-7-8-22(35-4)23(12-16)36-5)11-21(32)27(20)26(25)18-9-19(30)28(33)24(13-18)37-6/h7-9,12-14,17,26,31,33H,10-11H2,1-6H3. The summed E-state index contributed by atoms with van der Waals surface area (Å²) in [5.74, 6) is 0.0317. The van der Waals surface area contributed by atoms with Crippen LogP contribution in [0.15, 0.2) is 57.3 Å². The maximum atomic E-state index is 13.9. The summed E-state index contributed by atoms with van der Waals surface area (Å²) in [5, 5.41) is 13.8. The van der Waals surface area contributed by atoms with Gasteiger partial charge in [-0.2, -0.15) is 0 Å². The molecule has 0 bridgehead atoms. The highest BCUT2D eigenvalue weighted by atomic mass is 79.9. The van der Waals surface area contributed by atoms with Gasteiger partial charge in [-0.25, -0.2) is 4.79 Å². The largest absolute Gasteiger partial charge is 0.503 e. The molecule has 0 spiro atoms. The zero-order valence-electron chi connectivity index (χ0n) is 22.3. The van der Waals surface area contributed by atoms with Crippen molar-refractivity contribution >= 4 is 27.7 Å². The number of dihydropyridines is 1. The van der Waals surface area contributed by atoms with E-state index in [1.807, 2.05) is 25.1 Å². The Bertz CT molecular complexity index is 1340. The lowest BCUT2D eigenvalue weighted by Gasteiger charge is -2.37. The molecule has 2 aliphatic rings. The van der Waals surface area contributed by atoms with Crippen molar-refractivity contribution in [3.63, 3.8) is 0 Å². The molecule has 2 aromatic carbocycles. The molecule has 9 heteroatoms. The molecule has 8 nitrogen and oxygen atoms in total. The number of allylic oxidation sites excluding steroid dienone is 3. The van der Waals surface area contributed by atoms with Crippen molar-refractivity contribution in [2.45, 2.75) is 51.6 Å². The van der Waals surface area contributed by atoms with Gasteiger partial charge in [0.1, 0.15) is 0 Å². The molecular formula is C29H32BrNO7. The van der Waals surface area contributed by atoms with E-state index in [1.165, 1.54) is 7.11 Å². The number of esters is 1. The molecule has 0 saturated carbocycles. The van der Waals surface area contributed by atoms with E-state index in [0.717, 1.165) is 11.3 Å². The van der Waals surface area contributed by atoms with E-state index in [2.05, 4.69) is 21.2 Å². The highest BCUT2D eigenvalue weighted by molar-refractivity contribution is 9.10. The Morgan fingerprint density at radius 1 is 1.00 bits per heavy atom. The number of ether oxygens (including phenoxy) is 4. The number of rotatable bonds is 7. The van der Waals surface area contributed by atoms with Gasteiger partial charge in [0.05, 0.1) is 37.5 Å². The van der Waals surface area contributed by atoms with Crippen LogP contribution in [0.5, 0.6) is 23.0 Å². The number of ketones is 1. The fraction of sp³-hybridized carbons (Fsp3) is 0.379. The SMILES string of the molecule is COc1ccc(C2CC(=O)C3=C(C2)NC(C)=C(C(=O)OC(C)C)C3c2cc(Br)c(O)c(OC)c2)cc1OC. The summed E-state index contributed by atoms with van der Waals surface area (Å²) in [6, 6.07) is 9.05. The van der Waals surface area contributed by atoms with E-state index in [1.54, 1.807) is 40.2 Å². The number of methoxy groups -OCH3 is 3. The summed E-state index contributed by atoms with van der Waals surface area (Å²) >= 11 is 3.38. The maximum absolute atomic E-state index is 13.9. The lowest BCUT2D eigenvalue weighted by molar-refractivity contribution is -0.143. The number of nitrogens with one attached hydrogen (secondary N) is 1. The fourth-order valence-corrected chi connectivity index (χ4v) is 5.64. The number of phenolic OH excluding ortho intramolecular Hbond substituents is 1. The molecule has 0 aromatic heterocycles. The lowest BCUT2D eigenvalue weighted by atomic mass is 9.71. The second kappa shape index (κ2) is 11.1. The van der Waals surface area contributed by atoms with Gasteiger partial charge in [0.2, 0.25) is 0 Å². The molecular weight excluding hydrogens is 554 g/mol. The van der Waals surface area contributed by atoms with Crippen molar-refractivity contribution in [1.29, 1.82) is 0 Å². The number of Topliss-reactive ketones (excluding diaryl/α,β-unsaturated/α-hetero) is 1. The molecule has 38 heavy (non-hydrogen) atoms. The van der Waals surface area contributed by atoms with E-state index in [4.69, 9.17) is 18.9 Å². The number of hydrogen-bond acceptors (Lipinski definition) is 8. The van der Waals surface area contributed by atoms with Gasteiger partial charge in [-0.3, -0.25) is 4.79 Å². The van der Waals surface area contributed by atoms with E-state index in [0.29, 0.717) is 44.8 Å². The molecule has 1 aliphatic heterocycles. The van der Waals surface area contributed by atoms with Crippen molar-refractivity contribution in [3.8, 4) is 23.0 Å². The van der Waals surface area contributed by atoms with Crippen LogP contribution in [0.25, 0.3) is 0 Å². The van der Waals surface area contributed by atoms with Crippen molar-refractivity contribution in [2.75, 3.05) is 21.3 Å². The van der Waals surface area contributed by atoms with Gasteiger partial charge in [0.15, 0.2) is 28.8 Å². The molecule has 2 aromatic rings. The number of hydrogen-bond donors (Lipinski definition) is 2. The Hall–Kier alpha value is -3.46. The van der Waals surface area contributed by atoms with Gasteiger partial charge in [0, 0.05) is 29.3 Å². The first kappa shape index (κ1) is 27.6. The van der Waals surface area contributed by atoms with Gasteiger partial charge in [-0.05, 0) is 84.4 Å². The minimum absolute atomic E-state index is 0.0603. The highest BCUT2D eigenvalue weighted by Crippen LogP contribution is 2.48. The summed E-state index contributed by atoms with van der Waals surface area (Å²) in [7, 11) is 4.61. The zero-order valence-corrected chi connectivity index (χ0v) is 23.9. The Morgan fingerprint density at radius 3 is 2.29 bits per heavy atom. The average Bonchev–Trinajstić information content (AvgIpc) is 2.88. The molecule has 0 saturated heterocycles. The summed E-state index contributed by atoms with van der Waals surface area (Å²) in [4.78, 5) is 27.2. The van der Waals surface area contributed by atoms with E-state index in [9.17, 15) is 14.7 Å². The molecule has 0 amide bonds. The first-order valence-electron chi connectivity index (χ1n) is 12.3. The molecule has 2 atom stereocenters. The Balaban J connectivity index is 1.83. The minimum atomic E-state index is -0.692. The summed E-state index contributed by atoms with van der Waals surface area (Å²) in [5.41, 5.74) is 3.84. The van der Waals surface area contributed by atoms with Crippen LogP contribution in [-0.2, 0) is 14.3 Å². The van der Waals surface area contributed by atoms with Crippen molar-refractivity contribution in [3.05, 3.63) is 68.5 Å². The molecule has 1 heterocycles. The predicted octanol–water partition coefficient (Wildman–Crippen LogP) is 5.49. The van der Waals surface area contributed by atoms with Crippen LogP contribution in [0.4, 0.5) is 0 Å². The van der Waals surface area contributed by atoms with Crippen molar-refractivity contribution in [2.24, 2.45) is 0 Å². The average molecular weight is 586 g/mol. The molecule has 0 fully saturated rings. The monoisotopic (exact) mass is 585 g/mol. The van der Waals surface area contributed by atoms with Gasteiger partial charge in [0.25, 0.3) is 0 Å². The van der Waals surface area contributed by atoms with Gasteiger partial charge >= 0.3 is 5.97 Å². The topological polar surface area (TPSA) is 103 Å². The first-order valence-corrected chi connectivity index (χ1v) is 13.1. The first-order chi connectivity index (χ1) is 18.1. The third-order valence-electron chi connectivity index (χ3n) is 6.87. The molecule has 2 unspecified atom stereocenters. The zero-order chi connectivity index (χ0) is 27.7. The number of aromatic hydroxyl groups is 1. The van der Waals surface area contributed by atoms with Crippen LogP contribution < -0.4 is 19.5 Å². The van der Waals surface area contributed by atoms with E-state index in [-0.39, 0.29) is 35.7 Å². The van der Waals surface area contributed by atoms with E-state index >= 15 is 0 Å². The van der Waals surface area contributed by atoms with Gasteiger partial charge in [-0.15, -0.1) is 0 Å². The number of carbonyl (C=O) groups excluding carboxylic acids is 2. The number of phenols is 1. The molecule has 0 radical (unpaired) electrons. The molecule has 1 aliphatic carbocycles. The van der Waals surface area contributed by atoms with Crippen molar-refractivity contribution in [1.82, 2.24) is 5.32 Å². The predicted molar refractivity (Wildman–Crippen MR) is 146 cm³/mol.